The van der Waals surface area contributed by atoms with E-state index in [2.05, 4.69) is 0 Å². The van der Waals surface area contributed by atoms with Crippen LogP contribution in [0.5, 0.6) is 17.2 Å². The first-order chi connectivity index (χ1) is 8.47. The Bertz CT molecular complexity index is 602. The maximum Gasteiger partial charge on any atom is 0.170 e. The smallest absolute Gasteiger partial charge is 0.170 e. The molecule has 2 aromatic rings. The first-order valence-electron chi connectivity index (χ1n) is 4.78. The van der Waals surface area contributed by atoms with Crippen molar-refractivity contribution in [2.75, 3.05) is 0 Å². The second-order valence-electron chi connectivity index (χ2n) is 3.41. The highest BCUT2D eigenvalue weighted by atomic mass is 127. The summed E-state index contributed by atoms with van der Waals surface area (Å²) in [6.07, 6.45) is 0. The molecule has 0 spiro atoms. The van der Waals surface area contributed by atoms with E-state index in [0.29, 0.717) is 20.8 Å². The molecule has 2 aromatic carbocycles. The number of halogens is 4. The van der Waals surface area contributed by atoms with E-state index in [9.17, 15) is 5.11 Å². The summed E-state index contributed by atoms with van der Waals surface area (Å²) in [5.74, 6) is 0.647. The molecule has 0 aliphatic carbocycles. The minimum Gasteiger partial charge on any atom is -0.504 e. The molecule has 0 aliphatic heterocycles. The fourth-order valence-corrected chi connectivity index (χ4v) is 2.32. The number of phenols is 1. The van der Waals surface area contributed by atoms with Crippen molar-refractivity contribution >= 4 is 57.4 Å². The Morgan fingerprint density at radius 3 is 2.33 bits per heavy atom. The Labute approximate surface area is 133 Å². The van der Waals surface area contributed by atoms with Crippen molar-refractivity contribution in [3.63, 3.8) is 0 Å². The standard InChI is InChI=1S/C12H6Cl3IO2/c13-6-1-2-11(8(15)3-6)18-12-5-9(16)7(14)4-10(12)17/h1-5,17H. The molecular formula is C12H6Cl3IO2. The molecule has 6 heteroatoms. The van der Waals surface area contributed by atoms with Crippen LogP contribution in [-0.4, -0.2) is 5.11 Å². The Kier molecular flexibility index (Phi) is 4.48. The summed E-state index contributed by atoms with van der Waals surface area (Å²) in [6, 6.07) is 7.90. The third-order valence-electron chi connectivity index (χ3n) is 2.12. The van der Waals surface area contributed by atoms with Crippen molar-refractivity contribution in [3.05, 3.63) is 49.0 Å². The molecule has 0 aromatic heterocycles. The highest BCUT2D eigenvalue weighted by Crippen LogP contribution is 2.38. The number of hydrogen-bond acceptors (Lipinski definition) is 2. The minimum absolute atomic E-state index is 0.0496. The van der Waals surface area contributed by atoms with E-state index in [1.165, 1.54) is 6.07 Å². The fourth-order valence-electron chi connectivity index (χ4n) is 1.28. The molecule has 0 saturated heterocycles. The van der Waals surface area contributed by atoms with Crippen molar-refractivity contribution in [3.8, 4) is 17.2 Å². The topological polar surface area (TPSA) is 29.5 Å². The van der Waals surface area contributed by atoms with Crippen LogP contribution < -0.4 is 4.74 Å². The lowest BCUT2D eigenvalue weighted by Gasteiger charge is -2.10. The predicted molar refractivity (Wildman–Crippen MR) is 82.4 cm³/mol. The van der Waals surface area contributed by atoms with Gasteiger partial charge in [-0.05, 0) is 46.9 Å². The van der Waals surface area contributed by atoms with E-state index in [4.69, 9.17) is 39.5 Å². The summed E-state index contributed by atoms with van der Waals surface area (Å²) in [5.41, 5.74) is 0. The van der Waals surface area contributed by atoms with Gasteiger partial charge in [-0.1, -0.05) is 34.8 Å². The Hall–Kier alpha value is -0.360. The van der Waals surface area contributed by atoms with Crippen molar-refractivity contribution in [2.24, 2.45) is 0 Å². The highest BCUT2D eigenvalue weighted by Gasteiger charge is 2.10. The van der Waals surface area contributed by atoms with E-state index in [0.717, 1.165) is 3.57 Å². The largest absolute Gasteiger partial charge is 0.504 e. The monoisotopic (exact) mass is 414 g/mol. The first kappa shape index (κ1) is 14.1. The molecule has 18 heavy (non-hydrogen) atoms. The van der Waals surface area contributed by atoms with Crippen LogP contribution in [0.1, 0.15) is 0 Å². The average Bonchev–Trinajstić information content (AvgIpc) is 2.29. The molecule has 0 amide bonds. The number of ether oxygens (including phenoxy) is 1. The van der Waals surface area contributed by atoms with Crippen LogP contribution in [0.3, 0.4) is 0 Å². The summed E-state index contributed by atoms with van der Waals surface area (Å²) in [6.45, 7) is 0. The van der Waals surface area contributed by atoms with Crippen LogP contribution in [-0.2, 0) is 0 Å². The minimum atomic E-state index is -0.0496. The SMILES string of the molecule is Oc1cc(Cl)c(I)cc1Oc1ccc(Cl)cc1Cl. The number of rotatable bonds is 2. The number of benzene rings is 2. The third-order valence-corrected chi connectivity index (χ3v) is 4.17. The zero-order valence-electron chi connectivity index (χ0n) is 8.75. The molecule has 0 saturated carbocycles. The molecule has 0 radical (unpaired) electrons. The lowest BCUT2D eigenvalue weighted by atomic mass is 10.3. The Morgan fingerprint density at radius 2 is 1.67 bits per heavy atom. The predicted octanol–water partition coefficient (Wildman–Crippen LogP) is 5.75. The van der Waals surface area contributed by atoms with Crippen molar-refractivity contribution < 1.29 is 9.84 Å². The van der Waals surface area contributed by atoms with Crippen LogP contribution in [0, 0.1) is 3.57 Å². The quantitative estimate of drug-likeness (QED) is 0.633. The molecule has 0 heterocycles. The van der Waals surface area contributed by atoms with Gasteiger partial charge in [-0.3, -0.25) is 0 Å². The second kappa shape index (κ2) is 5.74. The van der Waals surface area contributed by atoms with Gasteiger partial charge in [0.25, 0.3) is 0 Å². The number of hydrogen-bond donors (Lipinski definition) is 1. The maximum absolute atomic E-state index is 9.74. The summed E-state index contributed by atoms with van der Waals surface area (Å²) in [4.78, 5) is 0. The van der Waals surface area contributed by atoms with Crippen molar-refractivity contribution in [1.29, 1.82) is 0 Å². The summed E-state index contributed by atoms with van der Waals surface area (Å²) in [5, 5.41) is 11.1. The van der Waals surface area contributed by atoms with Gasteiger partial charge in [0.1, 0.15) is 5.75 Å². The normalized spacial score (nSPS) is 10.4. The van der Waals surface area contributed by atoms with Gasteiger partial charge < -0.3 is 9.84 Å². The van der Waals surface area contributed by atoms with E-state index in [-0.39, 0.29) is 11.5 Å². The lowest BCUT2D eigenvalue weighted by molar-refractivity contribution is 0.411. The van der Waals surface area contributed by atoms with Gasteiger partial charge in [0.15, 0.2) is 11.5 Å². The van der Waals surface area contributed by atoms with Gasteiger partial charge in [-0.25, -0.2) is 0 Å². The van der Waals surface area contributed by atoms with Crippen LogP contribution in [0.4, 0.5) is 0 Å². The van der Waals surface area contributed by atoms with E-state index >= 15 is 0 Å². The first-order valence-corrected chi connectivity index (χ1v) is 6.99. The lowest BCUT2D eigenvalue weighted by Crippen LogP contribution is -1.87. The molecule has 2 nitrogen and oxygen atoms in total. The third kappa shape index (κ3) is 3.15. The van der Waals surface area contributed by atoms with Crippen LogP contribution >= 0.6 is 57.4 Å². The van der Waals surface area contributed by atoms with Gasteiger partial charge in [-0.2, -0.15) is 0 Å². The molecule has 0 bridgehead atoms. The number of aromatic hydroxyl groups is 1. The molecule has 0 aliphatic rings. The zero-order chi connectivity index (χ0) is 13.3. The van der Waals surface area contributed by atoms with Crippen LogP contribution in [0.25, 0.3) is 0 Å². The number of phenolic OH excluding ortho intramolecular Hbond substituents is 1. The summed E-state index contributed by atoms with van der Waals surface area (Å²) in [7, 11) is 0. The summed E-state index contributed by atoms with van der Waals surface area (Å²) < 4.78 is 6.30. The van der Waals surface area contributed by atoms with Gasteiger partial charge >= 0.3 is 0 Å². The van der Waals surface area contributed by atoms with E-state index < -0.39 is 0 Å². The van der Waals surface area contributed by atoms with Crippen LogP contribution in [0.2, 0.25) is 15.1 Å². The molecule has 0 unspecified atom stereocenters. The molecule has 2 rings (SSSR count). The average molecular weight is 415 g/mol. The molecule has 0 atom stereocenters. The van der Waals surface area contributed by atoms with Gasteiger partial charge in [0.05, 0.1) is 10.0 Å². The zero-order valence-corrected chi connectivity index (χ0v) is 13.2. The van der Waals surface area contributed by atoms with E-state index in [1.54, 1.807) is 24.3 Å². The van der Waals surface area contributed by atoms with Crippen LogP contribution in [0.15, 0.2) is 30.3 Å². The Balaban J connectivity index is 2.37. The van der Waals surface area contributed by atoms with Gasteiger partial charge in [0.2, 0.25) is 0 Å². The highest BCUT2D eigenvalue weighted by molar-refractivity contribution is 14.1. The molecular weight excluding hydrogens is 409 g/mol. The fraction of sp³-hybridized carbons (Fsp3) is 0. The molecule has 94 valence electrons. The van der Waals surface area contributed by atoms with Crippen molar-refractivity contribution in [2.45, 2.75) is 0 Å². The molecule has 1 N–H and O–H groups in total. The Morgan fingerprint density at radius 1 is 0.944 bits per heavy atom. The maximum atomic E-state index is 9.74. The second-order valence-corrected chi connectivity index (χ2v) is 5.82. The summed E-state index contributed by atoms with van der Waals surface area (Å²) >= 11 is 19.7. The molecule has 0 fully saturated rings. The van der Waals surface area contributed by atoms with E-state index in [1.807, 2.05) is 22.6 Å². The van der Waals surface area contributed by atoms with Gasteiger partial charge in [0, 0.05) is 14.7 Å². The van der Waals surface area contributed by atoms with Gasteiger partial charge in [-0.15, -0.1) is 0 Å². The van der Waals surface area contributed by atoms with Crippen molar-refractivity contribution in [1.82, 2.24) is 0 Å².